The fraction of sp³-hybridized carbons (Fsp3) is 1.00. The van der Waals surface area contributed by atoms with E-state index in [1.165, 1.54) is 71.1 Å². The first kappa shape index (κ1) is 11.0. The van der Waals surface area contributed by atoms with E-state index in [2.05, 4.69) is 10.6 Å². The fourth-order valence-corrected chi connectivity index (χ4v) is 1.78. The van der Waals surface area contributed by atoms with Crippen molar-refractivity contribution in [3.8, 4) is 0 Å². The normalized spacial score (nSPS) is 24.0. The average molecular weight is 184 g/mol. The summed E-state index contributed by atoms with van der Waals surface area (Å²) in [6, 6.07) is 0. The molecule has 1 saturated heterocycles. The van der Waals surface area contributed by atoms with Crippen molar-refractivity contribution in [2.75, 3.05) is 26.2 Å². The van der Waals surface area contributed by atoms with Gasteiger partial charge in [0.2, 0.25) is 0 Å². The first-order valence-electron chi connectivity index (χ1n) is 5.91. The zero-order chi connectivity index (χ0) is 9.19. The summed E-state index contributed by atoms with van der Waals surface area (Å²) in [6.45, 7) is 4.90. The Balaban J connectivity index is 2.01. The highest BCUT2D eigenvalue weighted by atomic mass is 14.9. The predicted octanol–water partition coefficient (Wildman–Crippen LogP) is 1.91. The third-order valence-corrected chi connectivity index (χ3v) is 2.66. The van der Waals surface area contributed by atoms with Gasteiger partial charge in [0.15, 0.2) is 0 Å². The quantitative estimate of drug-likeness (QED) is 0.601. The summed E-state index contributed by atoms with van der Waals surface area (Å²) < 4.78 is 0. The molecule has 2 nitrogen and oxygen atoms in total. The van der Waals surface area contributed by atoms with Crippen molar-refractivity contribution in [3.05, 3.63) is 0 Å². The van der Waals surface area contributed by atoms with Crippen molar-refractivity contribution in [3.63, 3.8) is 0 Å². The van der Waals surface area contributed by atoms with Crippen LogP contribution in [0.2, 0.25) is 0 Å². The van der Waals surface area contributed by atoms with Gasteiger partial charge >= 0.3 is 0 Å². The van der Waals surface area contributed by atoms with E-state index in [-0.39, 0.29) is 0 Å². The van der Waals surface area contributed by atoms with Crippen molar-refractivity contribution in [1.82, 2.24) is 10.6 Å². The molecular weight excluding hydrogens is 160 g/mol. The molecule has 1 fully saturated rings. The van der Waals surface area contributed by atoms with Gasteiger partial charge in [-0.2, -0.15) is 0 Å². The van der Waals surface area contributed by atoms with Gasteiger partial charge in [-0.05, 0) is 51.9 Å². The van der Waals surface area contributed by atoms with Gasteiger partial charge in [-0.25, -0.2) is 0 Å². The lowest BCUT2D eigenvalue weighted by molar-refractivity contribution is 0.575. The van der Waals surface area contributed by atoms with E-state index in [1.807, 2.05) is 0 Å². The van der Waals surface area contributed by atoms with Crippen LogP contribution in [0.4, 0.5) is 0 Å². The number of rotatable bonds is 0. The molecule has 0 saturated carbocycles. The minimum atomic E-state index is 1.22. The van der Waals surface area contributed by atoms with Crippen LogP contribution >= 0.6 is 0 Å². The zero-order valence-electron chi connectivity index (χ0n) is 8.78. The highest BCUT2D eigenvalue weighted by molar-refractivity contribution is 4.55. The average Bonchev–Trinajstić information content (AvgIpc) is 2.18. The van der Waals surface area contributed by atoms with Crippen LogP contribution in [0.3, 0.4) is 0 Å². The van der Waals surface area contributed by atoms with Gasteiger partial charge < -0.3 is 10.6 Å². The summed E-state index contributed by atoms with van der Waals surface area (Å²) in [6.07, 6.45) is 9.59. The third kappa shape index (κ3) is 7.03. The SMILES string of the molecule is C1CCCNCCCCCNCC1. The van der Waals surface area contributed by atoms with E-state index in [1.54, 1.807) is 0 Å². The summed E-state index contributed by atoms with van der Waals surface area (Å²) in [5, 5.41) is 7.01. The van der Waals surface area contributed by atoms with Crippen molar-refractivity contribution in [2.45, 2.75) is 44.9 Å². The Hall–Kier alpha value is -0.0800. The summed E-state index contributed by atoms with van der Waals surface area (Å²) >= 11 is 0. The minimum absolute atomic E-state index is 1.22. The van der Waals surface area contributed by atoms with Crippen LogP contribution < -0.4 is 10.6 Å². The van der Waals surface area contributed by atoms with Gasteiger partial charge in [0.25, 0.3) is 0 Å². The maximum Gasteiger partial charge on any atom is -0.00489 e. The second kappa shape index (κ2) is 8.52. The first-order chi connectivity index (χ1) is 6.50. The topological polar surface area (TPSA) is 24.1 Å². The molecule has 0 unspecified atom stereocenters. The van der Waals surface area contributed by atoms with Crippen molar-refractivity contribution in [2.24, 2.45) is 0 Å². The van der Waals surface area contributed by atoms with Gasteiger partial charge in [-0.15, -0.1) is 0 Å². The molecule has 0 atom stereocenters. The molecule has 2 N–H and O–H groups in total. The molecule has 13 heavy (non-hydrogen) atoms. The van der Waals surface area contributed by atoms with Gasteiger partial charge in [0.05, 0.1) is 0 Å². The smallest absolute Gasteiger partial charge is 0.00489 e. The zero-order valence-corrected chi connectivity index (χ0v) is 8.78. The molecule has 78 valence electrons. The molecule has 1 rings (SSSR count). The highest BCUT2D eigenvalue weighted by Gasteiger charge is 1.94. The van der Waals surface area contributed by atoms with E-state index in [9.17, 15) is 0 Å². The van der Waals surface area contributed by atoms with E-state index in [0.29, 0.717) is 0 Å². The lowest BCUT2D eigenvalue weighted by Gasteiger charge is -2.03. The fourth-order valence-electron chi connectivity index (χ4n) is 1.78. The molecule has 0 spiro atoms. The van der Waals surface area contributed by atoms with Crippen LogP contribution in [0.25, 0.3) is 0 Å². The monoisotopic (exact) mass is 184 g/mol. The molecule has 1 aliphatic heterocycles. The molecule has 2 heteroatoms. The Morgan fingerprint density at radius 3 is 1.08 bits per heavy atom. The van der Waals surface area contributed by atoms with E-state index in [0.717, 1.165) is 0 Å². The molecule has 0 aromatic heterocycles. The molecule has 0 bridgehead atoms. The maximum absolute atomic E-state index is 3.50. The van der Waals surface area contributed by atoms with Crippen molar-refractivity contribution >= 4 is 0 Å². The standard InChI is InChI=1S/C11H24N2/c1-2-5-9-13-11-7-3-6-10-12-8-4-1/h12-13H,1-11H2. The lowest BCUT2D eigenvalue weighted by Crippen LogP contribution is -2.17. The molecule has 0 aromatic rings. The third-order valence-electron chi connectivity index (χ3n) is 2.66. The van der Waals surface area contributed by atoms with E-state index >= 15 is 0 Å². The second-order valence-electron chi connectivity index (χ2n) is 3.97. The largest absolute Gasteiger partial charge is 0.317 e. The van der Waals surface area contributed by atoms with Crippen LogP contribution in [0.1, 0.15) is 44.9 Å². The molecular formula is C11H24N2. The Bertz CT molecular complexity index is 56.2. The number of nitrogens with one attached hydrogen (secondary N) is 2. The molecule has 0 radical (unpaired) electrons. The Kier molecular flexibility index (Phi) is 7.20. The first-order valence-corrected chi connectivity index (χ1v) is 5.91. The van der Waals surface area contributed by atoms with Gasteiger partial charge in [-0.1, -0.05) is 19.3 Å². The predicted molar refractivity (Wildman–Crippen MR) is 58.1 cm³/mol. The Labute approximate surface area is 82.5 Å². The van der Waals surface area contributed by atoms with Gasteiger partial charge in [0.1, 0.15) is 0 Å². The van der Waals surface area contributed by atoms with Crippen LogP contribution in [0.15, 0.2) is 0 Å². The molecule has 1 heterocycles. The molecule has 0 aromatic carbocycles. The van der Waals surface area contributed by atoms with Crippen molar-refractivity contribution < 1.29 is 0 Å². The number of hydrogen-bond donors (Lipinski definition) is 2. The number of hydrogen-bond acceptors (Lipinski definition) is 2. The van der Waals surface area contributed by atoms with E-state index in [4.69, 9.17) is 0 Å². The maximum atomic E-state index is 3.50. The Morgan fingerprint density at radius 2 is 0.692 bits per heavy atom. The summed E-state index contributed by atoms with van der Waals surface area (Å²) in [4.78, 5) is 0. The summed E-state index contributed by atoms with van der Waals surface area (Å²) in [5.74, 6) is 0. The van der Waals surface area contributed by atoms with Crippen LogP contribution in [0.5, 0.6) is 0 Å². The van der Waals surface area contributed by atoms with Crippen LogP contribution in [0, 0.1) is 0 Å². The lowest BCUT2D eigenvalue weighted by atomic mass is 10.2. The second-order valence-corrected chi connectivity index (χ2v) is 3.97. The highest BCUT2D eigenvalue weighted by Crippen LogP contribution is 1.99. The van der Waals surface area contributed by atoms with Crippen LogP contribution in [-0.2, 0) is 0 Å². The van der Waals surface area contributed by atoms with Gasteiger partial charge in [-0.3, -0.25) is 0 Å². The van der Waals surface area contributed by atoms with E-state index < -0.39 is 0 Å². The summed E-state index contributed by atoms with van der Waals surface area (Å²) in [7, 11) is 0. The minimum Gasteiger partial charge on any atom is -0.317 e. The molecule has 0 amide bonds. The van der Waals surface area contributed by atoms with Crippen LogP contribution in [-0.4, -0.2) is 26.2 Å². The van der Waals surface area contributed by atoms with Crippen molar-refractivity contribution in [1.29, 1.82) is 0 Å². The summed E-state index contributed by atoms with van der Waals surface area (Å²) in [5.41, 5.74) is 0. The molecule has 0 aliphatic carbocycles. The molecule has 1 aliphatic rings. The Morgan fingerprint density at radius 1 is 0.385 bits per heavy atom. The van der Waals surface area contributed by atoms with Gasteiger partial charge in [0, 0.05) is 0 Å².